The quantitative estimate of drug-likeness (QED) is 0.257. The molecular weight excluding hydrogens is 590 g/mol. The molecule has 0 bridgehead atoms. The van der Waals surface area contributed by atoms with E-state index in [1.54, 1.807) is 4.90 Å². The van der Waals surface area contributed by atoms with E-state index >= 15 is 0 Å². The Labute approximate surface area is 263 Å². The van der Waals surface area contributed by atoms with Crippen molar-refractivity contribution in [2.24, 2.45) is 0 Å². The number of ether oxygens (including phenoxy) is 2. The number of carbonyl (C=O) groups excluding carboxylic acids is 1. The Bertz CT molecular complexity index is 1890. The third-order valence-electron chi connectivity index (χ3n) is 8.51. The summed E-state index contributed by atoms with van der Waals surface area (Å²) < 4.78 is 37.8. The van der Waals surface area contributed by atoms with Crippen LogP contribution in [-0.4, -0.2) is 61.3 Å². The number of nitrogens with zero attached hydrogens (tertiary/aromatic N) is 5. The summed E-state index contributed by atoms with van der Waals surface area (Å²) in [4.78, 5) is 25.8. The highest BCUT2D eigenvalue weighted by atomic mass is 32.2. The fourth-order valence-electron chi connectivity index (χ4n) is 6.38. The van der Waals surface area contributed by atoms with E-state index < -0.39 is 28.1 Å². The highest BCUT2D eigenvalue weighted by Crippen LogP contribution is 2.43. The summed E-state index contributed by atoms with van der Waals surface area (Å²) in [6.45, 7) is 5.05. The van der Waals surface area contributed by atoms with Crippen molar-refractivity contribution in [2.75, 3.05) is 30.8 Å². The van der Waals surface area contributed by atoms with Crippen LogP contribution in [0.5, 0.6) is 0 Å². The van der Waals surface area contributed by atoms with Crippen molar-refractivity contribution in [1.29, 1.82) is 5.26 Å². The minimum absolute atomic E-state index is 0.0811. The van der Waals surface area contributed by atoms with Gasteiger partial charge in [-0.3, -0.25) is 0 Å². The van der Waals surface area contributed by atoms with E-state index in [-0.39, 0.29) is 37.4 Å². The number of sulfone groups is 1. The van der Waals surface area contributed by atoms with Gasteiger partial charge in [-0.25, -0.2) is 23.2 Å². The van der Waals surface area contributed by atoms with E-state index in [0.717, 1.165) is 39.3 Å². The lowest BCUT2D eigenvalue weighted by atomic mass is 9.91. The van der Waals surface area contributed by atoms with E-state index in [1.807, 2.05) is 54.3 Å². The van der Waals surface area contributed by atoms with E-state index in [2.05, 4.69) is 47.2 Å². The summed E-state index contributed by atoms with van der Waals surface area (Å²) in [5.74, 6) is 0.459. The molecule has 0 radical (unpaired) electrons. The monoisotopic (exact) mass is 625 g/mol. The molecule has 45 heavy (non-hydrogen) atoms. The second-order valence-electron chi connectivity index (χ2n) is 11.6. The molecule has 0 saturated carbocycles. The van der Waals surface area contributed by atoms with Crippen LogP contribution in [0.3, 0.4) is 0 Å². The minimum Gasteiger partial charge on any atom is -0.445 e. The lowest BCUT2D eigenvalue weighted by Crippen LogP contribution is -2.55. The van der Waals surface area contributed by atoms with E-state index in [9.17, 15) is 18.5 Å². The van der Waals surface area contributed by atoms with Gasteiger partial charge in [-0.2, -0.15) is 5.26 Å². The smallest absolute Gasteiger partial charge is 0.410 e. The molecule has 0 N–H and O–H groups in total. The van der Waals surface area contributed by atoms with E-state index in [4.69, 9.17) is 9.47 Å². The molecule has 2 aliphatic rings. The number of nitriles is 1. The number of hydrogen-bond acceptors (Lipinski definition) is 9. The van der Waals surface area contributed by atoms with Gasteiger partial charge in [0.25, 0.3) is 0 Å². The summed E-state index contributed by atoms with van der Waals surface area (Å²) in [5, 5.41) is 11.6. The Morgan fingerprint density at radius 1 is 1.07 bits per heavy atom. The number of piperazine rings is 1. The second-order valence-corrected chi connectivity index (χ2v) is 13.6. The summed E-state index contributed by atoms with van der Waals surface area (Å²) in [6.07, 6.45) is 0.285. The van der Waals surface area contributed by atoms with Gasteiger partial charge in [-0.1, -0.05) is 66.7 Å². The Kier molecular flexibility index (Phi) is 8.44. The van der Waals surface area contributed by atoms with Crippen molar-refractivity contribution in [1.82, 2.24) is 14.9 Å². The van der Waals surface area contributed by atoms with Gasteiger partial charge in [0.05, 0.1) is 36.4 Å². The molecule has 1 aromatic heterocycles. The summed E-state index contributed by atoms with van der Waals surface area (Å²) >= 11 is 0. The molecule has 1 saturated heterocycles. The van der Waals surface area contributed by atoms with Crippen molar-refractivity contribution in [2.45, 2.75) is 56.7 Å². The van der Waals surface area contributed by atoms with Gasteiger partial charge >= 0.3 is 6.09 Å². The van der Waals surface area contributed by atoms with Crippen LogP contribution in [0.2, 0.25) is 0 Å². The molecular formula is C34H35N5O5S. The van der Waals surface area contributed by atoms with Crippen LogP contribution in [-0.2, 0) is 32.3 Å². The van der Waals surface area contributed by atoms with Crippen LogP contribution < -0.4 is 4.90 Å². The van der Waals surface area contributed by atoms with Gasteiger partial charge in [0, 0.05) is 37.9 Å². The molecule has 2 unspecified atom stereocenters. The SMILES string of the molecule is Cc1cccc2cccc(C3Cc4nc(S(C)(=O)=O)nc(N5CCN(C(=O)OCc6ccccc6)[C@@H](CC#N)C5)c4C(C)O3)c12. The summed E-state index contributed by atoms with van der Waals surface area (Å²) in [5.41, 5.74) is 4.38. The Morgan fingerprint density at radius 3 is 2.56 bits per heavy atom. The zero-order chi connectivity index (χ0) is 31.7. The molecule has 1 fully saturated rings. The first-order chi connectivity index (χ1) is 21.6. The number of anilines is 1. The van der Waals surface area contributed by atoms with Crippen LogP contribution in [0.1, 0.15) is 53.5 Å². The van der Waals surface area contributed by atoms with Gasteiger partial charge in [0.2, 0.25) is 15.0 Å². The van der Waals surface area contributed by atoms with Crippen molar-refractivity contribution in [3.63, 3.8) is 0 Å². The van der Waals surface area contributed by atoms with Crippen LogP contribution in [0.4, 0.5) is 10.6 Å². The number of hydrogen-bond donors (Lipinski definition) is 0. The van der Waals surface area contributed by atoms with Crippen molar-refractivity contribution < 1.29 is 22.7 Å². The maximum atomic E-state index is 13.1. The maximum Gasteiger partial charge on any atom is 0.410 e. The first-order valence-corrected chi connectivity index (χ1v) is 16.9. The molecule has 4 aromatic rings. The van der Waals surface area contributed by atoms with Gasteiger partial charge < -0.3 is 19.3 Å². The molecule has 232 valence electrons. The fourth-order valence-corrected chi connectivity index (χ4v) is 6.91. The molecule has 11 heteroatoms. The molecule has 2 aliphatic heterocycles. The molecule has 3 heterocycles. The number of aryl methyl sites for hydroxylation is 1. The van der Waals surface area contributed by atoms with Gasteiger partial charge in [-0.05, 0) is 41.3 Å². The molecule has 3 atom stereocenters. The second kappa shape index (κ2) is 12.5. The largest absolute Gasteiger partial charge is 0.445 e. The Balaban J connectivity index is 1.32. The maximum absolute atomic E-state index is 13.1. The summed E-state index contributed by atoms with van der Waals surface area (Å²) in [7, 11) is -3.75. The normalized spacial score (nSPS) is 20.0. The topological polar surface area (TPSA) is 126 Å². The number of fused-ring (bicyclic) bond motifs is 2. The fraction of sp³-hybridized carbons (Fsp3) is 0.353. The number of carbonyl (C=O) groups is 1. The Morgan fingerprint density at radius 2 is 1.82 bits per heavy atom. The predicted octanol–water partition coefficient (Wildman–Crippen LogP) is 5.46. The lowest BCUT2D eigenvalue weighted by Gasteiger charge is -2.42. The molecule has 6 rings (SSSR count). The zero-order valence-corrected chi connectivity index (χ0v) is 26.3. The Hall–Kier alpha value is -4.53. The number of benzene rings is 3. The number of aromatic nitrogens is 2. The average molecular weight is 626 g/mol. The van der Waals surface area contributed by atoms with Crippen LogP contribution >= 0.6 is 0 Å². The van der Waals surface area contributed by atoms with E-state index in [0.29, 0.717) is 24.5 Å². The number of amides is 1. The van der Waals surface area contributed by atoms with Gasteiger partial charge in [0.1, 0.15) is 12.4 Å². The first kappa shape index (κ1) is 30.5. The molecule has 10 nitrogen and oxygen atoms in total. The average Bonchev–Trinajstić information content (AvgIpc) is 3.03. The summed E-state index contributed by atoms with van der Waals surface area (Å²) in [6, 6.07) is 23.4. The molecule has 0 spiro atoms. The van der Waals surface area contributed by atoms with Gasteiger partial charge in [-0.15, -0.1) is 0 Å². The van der Waals surface area contributed by atoms with Crippen molar-refractivity contribution in [3.8, 4) is 6.07 Å². The highest BCUT2D eigenvalue weighted by Gasteiger charge is 2.38. The van der Waals surface area contributed by atoms with Crippen LogP contribution in [0, 0.1) is 18.3 Å². The number of rotatable bonds is 6. The highest BCUT2D eigenvalue weighted by molar-refractivity contribution is 7.90. The third-order valence-corrected chi connectivity index (χ3v) is 9.36. The van der Waals surface area contributed by atoms with Crippen molar-refractivity contribution >= 4 is 32.5 Å². The standard InChI is InChI=1S/C34H35N5O5S/c1-22-9-7-12-25-13-8-14-27(30(22)25)29-19-28-31(23(2)44-29)32(37-33(36-28)45(3,41)42)38-17-18-39(26(20-38)15-16-35)34(40)43-21-24-10-5-4-6-11-24/h4-14,23,26,29H,15,17-21H2,1-3H3/t23?,26-,29?/m0/s1. The molecule has 0 aliphatic carbocycles. The first-order valence-electron chi connectivity index (χ1n) is 15.0. The van der Waals surface area contributed by atoms with E-state index in [1.165, 1.54) is 0 Å². The predicted molar refractivity (Wildman–Crippen MR) is 169 cm³/mol. The van der Waals surface area contributed by atoms with Gasteiger partial charge in [0.15, 0.2) is 0 Å². The lowest BCUT2D eigenvalue weighted by molar-refractivity contribution is -0.0180. The van der Waals surface area contributed by atoms with Crippen molar-refractivity contribution in [3.05, 3.63) is 94.7 Å². The molecule has 3 aromatic carbocycles. The molecule has 1 amide bonds. The van der Waals surface area contributed by atoms with Crippen LogP contribution in [0.25, 0.3) is 10.8 Å². The zero-order valence-electron chi connectivity index (χ0n) is 25.5. The third kappa shape index (κ3) is 6.21. The van der Waals surface area contributed by atoms with Crippen LogP contribution in [0.15, 0.2) is 71.9 Å². The minimum atomic E-state index is -3.75.